The quantitative estimate of drug-likeness (QED) is 0.425. The Morgan fingerprint density at radius 3 is 2.75 bits per heavy atom. The van der Waals surface area contributed by atoms with Gasteiger partial charge in [0.05, 0.1) is 36.2 Å². The molecule has 162 valence electrons. The number of aromatic nitrogens is 3. The average Bonchev–Trinajstić information content (AvgIpc) is 3.17. The molecule has 0 fully saturated rings. The summed E-state index contributed by atoms with van der Waals surface area (Å²) >= 11 is 6.26. The number of fused-ring (bicyclic) bond motifs is 3. The van der Waals surface area contributed by atoms with E-state index >= 15 is 0 Å². The van der Waals surface area contributed by atoms with E-state index in [-0.39, 0.29) is 11.7 Å². The lowest BCUT2D eigenvalue weighted by Gasteiger charge is -2.25. The first-order chi connectivity index (χ1) is 15.6. The van der Waals surface area contributed by atoms with Crippen LogP contribution in [-0.4, -0.2) is 34.6 Å². The second-order valence-corrected chi connectivity index (χ2v) is 8.33. The van der Waals surface area contributed by atoms with Crippen molar-refractivity contribution in [1.82, 2.24) is 14.6 Å². The zero-order valence-corrected chi connectivity index (χ0v) is 18.6. The number of halogens is 1. The number of carbonyl (C=O) groups excluding carboxylic acids is 1. The van der Waals surface area contributed by atoms with Crippen LogP contribution in [0.5, 0.6) is 5.75 Å². The van der Waals surface area contributed by atoms with Gasteiger partial charge in [0.2, 0.25) is 0 Å². The molecule has 0 spiro atoms. The molecule has 32 heavy (non-hydrogen) atoms. The van der Waals surface area contributed by atoms with E-state index in [9.17, 15) is 4.79 Å². The van der Waals surface area contributed by atoms with Crippen LogP contribution in [0.15, 0.2) is 54.7 Å². The van der Waals surface area contributed by atoms with Crippen LogP contribution in [0, 0.1) is 0 Å². The maximum absolute atomic E-state index is 13.1. The summed E-state index contributed by atoms with van der Waals surface area (Å²) in [6, 6.07) is 15.5. The lowest BCUT2D eigenvalue weighted by molar-refractivity contribution is 0.0961. The minimum atomic E-state index is 0.00134. The van der Waals surface area contributed by atoms with Gasteiger partial charge in [-0.25, -0.2) is 9.50 Å². The lowest BCUT2D eigenvalue weighted by atomic mass is 9.81. The van der Waals surface area contributed by atoms with Crippen molar-refractivity contribution in [3.8, 4) is 16.9 Å². The van der Waals surface area contributed by atoms with Gasteiger partial charge in [-0.05, 0) is 35.7 Å². The molecule has 0 unspecified atom stereocenters. The molecular formula is C25H22ClN3O3. The largest absolute Gasteiger partial charge is 0.496 e. The van der Waals surface area contributed by atoms with E-state index in [1.807, 2.05) is 48.5 Å². The van der Waals surface area contributed by atoms with Crippen molar-refractivity contribution in [2.24, 2.45) is 0 Å². The summed E-state index contributed by atoms with van der Waals surface area (Å²) in [5.41, 5.74) is 5.72. The number of methoxy groups -OCH3 is 2. The van der Waals surface area contributed by atoms with Crippen LogP contribution in [0.1, 0.15) is 39.6 Å². The third-order valence-corrected chi connectivity index (χ3v) is 6.20. The van der Waals surface area contributed by atoms with Gasteiger partial charge in [0.15, 0.2) is 11.4 Å². The fraction of sp³-hybridized carbons (Fsp3) is 0.240. The molecule has 1 atom stereocenters. The number of para-hydroxylation sites is 1. The van der Waals surface area contributed by atoms with Crippen LogP contribution in [0.25, 0.3) is 16.8 Å². The van der Waals surface area contributed by atoms with Crippen molar-refractivity contribution in [3.05, 3.63) is 82.3 Å². The predicted molar refractivity (Wildman–Crippen MR) is 123 cm³/mol. The SMILES string of the molecule is COCc1nn2c3c(cnc2c1-c1cccc(Cl)c1)C(=O)C[C@H](c1ccccc1OC)C3. The summed E-state index contributed by atoms with van der Waals surface area (Å²) in [4.78, 5) is 17.7. The molecule has 5 rings (SSSR count). The molecule has 2 aromatic carbocycles. The Morgan fingerprint density at radius 2 is 1.97 bits per heavy atom. The molecular weight excluding hydrogens is 426 g/mol. The second kappa shape index (κ2) is 8.37. The molecule has 7 heteroatoms. The Bertz CT molecular complexity index is 1330. The van der Waals surface area contributed by atoms with Crippen LogP contribution >= 0.6 is 11.6 Å². The van der Waals surface area contributed by atoms with Crippen molar-refractivity contribution in [3.63, 3.8) is 0 Å². The van der Waals surface area contributed by atoms with Gasteiger partial charge in [0, 0.05) is 30.7 Å². The fourth-order valence-corrected chi connectivity index (χ4v) is 4.73. The maximum Gasteiger partial charge on any atom is 0.166 e. The summed E-state index contributed by atoms with van der Waals surface area (Å²) in [5, 5.41) is 5.46. The van der Waals surface area contributed by atoms with E-state index < -0.39 is 0 Å². The molecule has 0 amide bonds. The van der Waals surface area contributed by atoms with Gasteiger partial charge in [-0.1, -0.05) is 41.9 Å². The molecule has 1 aliphatic rings. The molecule has 6 nitrogen and oxygen atoms in total. The van der Waals surface area contributed by atoms with E-state index in [1.54, 1.807) is 24.9 Å². The number of benzene rings is 2. The number of rotatable bonds is 5. The lowest BCUT2D eigenvalue weighted by Crippen LogP contribution is -2.23. The number of hydrogen-bond acceptors (Lipinski definition) is 5. The van der Waals surface area contributed by atoms with E-state index in [0.717, 1.165) is 33.8 Å². The predicted octanol–water partition coefficient (Wildman–Crippen LogP) is 5.12. The summed E-state index contributed by atoms with van der Waals surface area (Å²) in [7, 11) is 3.29. The van der Waals surface area contributed by atoms with E-state index in [0.29, 0.717) is 35.7 Å². The average molecular weight is 448 g/mol. The van der Waals surface area contributed by atoms with E-state index in [1.165, 1.54) is 0 Å². The van der Waals surface area contributed by atoms with Crippen LogP contribution in [-0.2, 0) is 17.8 Å². The standard InChI is InChI=1S/C25H22ClN3O3/c1-31-14-20-24(15-6-5-7-17(26)10-15)25-27-13-19-21(29(25)28-20)11-16(12-22(19)30)18-8-3-4-9-23(18)32-2/h3-10,13,16H,11-12,14H2,1-2H3/t16-/m1/s1. The molecule has 0 aliphatic heterocycles. The Labute approximate surface area is 190 Å². The third kappa shape index (κ3) is 3.45. The van der Waals surface area contributed by atoms with Crippen molar-refractivity contribution in [2.75, 3.05) is 14.2 Å². The number of ketones is 1. The topological polar surface area (TPSA) is 65.7 Å². The molecule has 0 radical (unpaired) electrons. The highest BCUT2D eigenvalue weighted by Gasteiger charge is 2.31. The zero-order chi connectivity index (χ0) is 22.2. The van der Waals surface area contributed by atoms with Crippen molar-refractivity contribution in [1.29, 1.82) is 0 Å². The number of nitrogens with zero attached hydrogens (tertiary/aromatic N) is 3. The van der Waals surface area contributed by atoms with Gasteiger partial charge in [-0.15, -0.1) is 0 Å². The summed E-state index contributed by atoms with van der Waals surface area (Å²) in [6.07, 6.45) is 2.75. The van der Waals surface area contributed by atoms with E-state index in [2.05, 4.69) is 4.98 Å². The second-order valence-electron chi connectivity index (χ2n) is 7.89. The Balaban J connectivity index is 1.69. The monoisotopic (exact) mass is 447 g/mol. The number of hydrogen-bond donors (Lipinski definition) is 0. The minimum Gasteiger partial charge on any atom is -0.496 e. The first-order valence-electron chi connectivity index (χ1n) is 10.4. The maximum atomic E-state index is 13.1. The van der Waals surface area contributed by atoms with Crippen molar-refractivity contribution >= 4 is 23.0 Å². The molecule has 4 aromatic rings. The first kappa shape index (κ1) is 20.7. The van der Waals surface area contributed by atoms with Crippen molar-refractivity contribution in [2.45, 2.75) is 25.4 Å². The van der Waals surface area contributed by atoms with Gasteiger partial charge in [0.25, 0.3) is 0 Å². The smallest absolute Gasteiger partial charge is 0.166 e. The van der Waals surface area contributed by atoms with Gasteiger partial charge >= 0.3 is 0 Å². The zero-order valence-electron chi connectivity index (χ0n) is 17.8. The number of ether oxygens (including phenoxy) is 2. The number of Topliss-reactive ketones (excluding diaryl/α,β-unsaturated/α-hetero) is 1. The first-order valence-corrected chi connectivity index (χ1v) is 10.8. The third-order valence-electron chi connectivity index (χ3n) is 5.96. The van der Waals surface area contributed by atoms with Gasteiger partial charge < -0.3 is 9.47 Å². The normalized spacial score (nSPS) is 15.7. The Kier molecular flexibility index (Phi) is 5.41. The molecule has 0 N–H and O–H groups in total. The summed E-state index contributed by atoms with van der Waals surface area (Å²) in [5.74, 6) is 0.852. The van der Waals surface area contributed by atoms with Gasteiger partial charge in [0.1, 0.15) is 5.75 Å². The Hall–Kier alpha value is -3.22. The highest BCUT2D eigenvalue weighted by atomic mass is 35.5. The molecule has 2 heterocycles. The van der Waals surface area contributed by atoms with Crippen LogP contribution in [0.4, 0.5) is 0 Å². The minimum absolute atomic E-state index is 0.00134. The van der Waals surface area contributed by atoms with Crippen LogP contribution in [0.2, 0.25) is 5.02 Å². The fourth-order valence-electron chi connectivity index (χ4n) is 4.54. The molecule has 0 saturated heterocycles. The highest BCUT2D eigenvalue weighted by molar-refractivity contribution is 6.30. The van der Waals surface area contributed by atoms with Gasteiger partial charge in [-0.3, -0.25) is 4.79 Å². The molecule has 0 saturated carbocycles. The van der Waals surface area contributed by atoms with Gasteiger partial charge in [-0.2, -0.15) is 5.10 Å². The molecule has 2 aromatic heterocycles. The summed E-state index contributed by atoms with van der Waals surface area (Å²) in [6.45, 7) is 0.323. The Morgan fingerprint density at radius 1 is 1.12 bits per heavy atom. The summed E-state index contributed by atoms with van der Waals surface area (Å²) < 4.78 is 12.8. The highest BCUT2D eigenvalue weighted by Crippen LogP contribution is 2.38. The van der Waals surface area contributed by atoms with E-state index in [4.69, 9.17) is 26.2 Å². The van der Waals surface area contributed by atoms with Crippen LogP contribution in [0.3, 0.4) is 0 Å². The van der Waals surface area contributed by atoms with Crippen LogP contribution < -0.4 is 4.74 Å². The molecule has 1 aliphatic carbocycles. The number of carbonyl (C=O) groups is 1. The molecule has 0 bridgehead atoms. The van der Waals surface area contributed by atoms with Crippen molar-refractivity contribution < 1.29 is 14.3 Å².